The standard InChI is InChI=1S/C16H20N2O2S/c1-12-8-9-14(10-13(12)2)11-17-15-6-4-5-7-16(15)18-21(3,19)20/h4-10,17-18H,11H2,1-3H3. The maximum absolute atomic E-state index is 11.4. The maximum atomic E-state index is 11.4. The smallest absolute Gasteiger partial charge is 0.229 e. The van der Waals surface area contributed by atoms with Gasteiger partial charge in [-0.2, -0.15) is 0 Å². The molecule has 0 saturated carbocycles. The van der Waals surface area contributed by atoms with Crippen molar-refractivity contribution in [2.75, 3.05) is 16.3 Å². The van der Waals surface area contributed by atoms with E-state index in [-0.39, 0.29) is 0 Å². The molecular formula is C16H20N2O2S. The minimum absolute atomic E-state index is 0.559. The Hall–Kier alpha value is -2.01. The normalized spacial score (nSPS) is 11.2. The summed E-state index contributed by atoms with van der Waals surface area (Å²) in [5.74, 6) is 0. The average Bonchev–Trinajstić information content (AvgIpc) is 2.40. The summed E-state index contributed by atoms with van der Waals surface area (Å²) in [4.78, 5) is 0. The second-order valence-electron chi connectivity index (χ2n) is 5.19. The number of hydrogen-bond acceptors (Lipinski definition) is 3. The second kappa shape index (κ2) is 6.18. The Balaban J connectivity index is 2.14. The Labute approximate surface area is 126 Å². The van der Waals surface area contributed by atoms with E-state index in [1.807, 2.05) is 12.1 Å². The Morgan fingerprint density at radius 3 is 2.24 bits per heavy atom. The van der Waals surface area contributed by atoms with E-state index < -0.39 is 10.0 Å². The molecule has 21 heavy (non-hydrogen) atoms. The number of anilines is 2. The van der Waals surface area contributed by atoms with Gasteiger partial charge in [0, 0.05) is 6.54 Å². The Kier molecular flexibility index (Phi) is 4.53. The fourth-order valence-electron chi connectivity index (χ4n) is 2.04. The van der Waals surface area contributed by atoms with Crippen LogP contribution in [0.25, 0.3) is 0 Å². The molecule has 0 aliphatic heterocycles. The summed E-state index contributed by atoms with van der Waals surface area (Å²) in [5.41, 5.74) is 4.99. The van der Waals surface area contributed by atoms with Crippen molar-refractivity contribution in [3.8, 4) is 0 Å². The lowest BCUT2D eigenvalue weighted by Gasteiger charge is -2.13. The highest BCUT2D eigenvalue weighted by atomic mass is 32.2. The Bertz CT molecular complexity index is 740. The number of sulfonamides is 1. The van der Waals surface area contributed by atoms with Crippen LogP contribution >= 0.6 is 0 Å². The van der Waals surface area contributed by atoms with Crippen molar-refractivity contribution in [2.45, 2.75) is 20.4 Å². The molecule has 5 heteroatoms. The first-order valence-corrected chi connectivity index (χ1v) is 8.61. The zero-order valence-corrected chi connectivity index (χ0v) is 13.3. The molecule has 0 spiro atoms. The summed E-state index contributed by atoms with van der Waals surface area (Å²) in [5, 5.41) is 3.27. The van der Waals surface area contributed by atoms with Gasteiger partial charge in [0.2, 0.25) is 10.0 Å². The van der Waals surface area contributed by atoms with Gasteiger partial charge in [-0.3, -0.25) is 4.72 Å². The number of aryl methyl sites for hydroxylation is 2. The van der Waals surface area contributed by atoms with Gasteiger partial charge < -0.3 is 5.32 Å². The third kappa shape index (κ3) is 4.49. The second-order valence-corrected chi connectivity index (χ2v) is 6.94. The van der Waals surface area contributed by atoms with Crippen molar-refractivity contribution in [1.29, 1.82) is 0 Å². The summed E-state index contributed by atoms with van der Waals surface area (Å²) in [7, 11) is -3.28. The van der Waals surface area contributed by atoms with Crippen molar-refractivity contribution in [3.05, 3.63) is 59.2 Å². The maximum Gasteiger partial charge on any atom is 0.229 e. The number of para-hydroxylation sites is 2. The highest BCUT2D eigenvalue weighted by Crippen LogP contribution is 2.22. The van der Waals surface area contributed by atoms with Gasteiger partial charge in [-0.05, 0) is 42.7 Å². The van der Waals surface area contributed by atoms with Crippen LogP contribution in [0.2, 0.25) is 0 Å². The molecule has 0 aromatic heterocycles. The van der Waals surface area contributed by atoms with E-state index in [2.05, 4.69) is 42.1 Å². The number of benzene rings is 2. The molecule has 2 aromatic rings. The molecule has 0 heterocycles. The van der Waals surface area contributed by atoms with Crippen molar-refractivity contribution >= 4 is 21.4 Å². The predicted octanol–water partition coefficient (Wildman–Crippen LogP) is 3.29. The van der Waals surface area contributed by atoms with E-state index in [9.17, 15) is 8.42 Å². The van der Waals surface area contributed by atoms with Gasteiger partial charge in [-0.1, -0.05) is 30.3 Å². The summed E-state index contributed by atoms with van der Waals surface area (Å²) in [6, 6.07) is 13.6. The summed E-state index contributed by atoms with van der Waals surface area (Å²) in [6.07, 6.45) is 1.15. The van der Waals surface area contributed by atoms with Gasteiger partial charge in [0.25, 0.3) is 0 Å². The molecule has 2 aromatic carbocycles. The van der Waals surface area contributed by atoms with E-state index in [1.54, 1.807) is 12.1 Å². The van der Waals surface area contributed by atoms with Crippen molar-refractivity contribution in [3.63, 3.8) is 0 Å². The van der Waals surface area contributed by atoms with Crippen molar-refractivity contribution < 1.29 is 8.42 Å². The minimum Gasteiger partial charge on any atom is -0.379 e. The van der Waals surface area contributed by atoms with Crippen LogP contribution < -0.4 is 10.0 Å². The first kappa shape index (κ1) is 15.4. The molecule has 2 rings (SSSR count). The van der Waals surface area contributed by atoms with Crippen LogP contribution in [0.3, 0.4) is 0 Å². The largest absolute Gasteiger partial charge is 0.379 e. The van der Waals surface area contributed by atoms with Gasteiger partial charge in [0.1, 0.15) is 0 Å². The van der Waals surface area contributed by atoms with E-state index >= 15 is 0 Å². The lowest BCUT2D eigenvalue weighted by Crippen LogP contribution is -2.12. The first-order chi connectivity index (χ1) is 9.85. The van der Waals surface area contributed by atoms with Crippen LogP contribution in [0.5, 0.6) is 0 Å². The fraction of sp³-hybridized carbons (Fsp3) is 0.250. The highest BCUT2D eigenvalue weighted by molar-refractivity contribution is 7.92. The van der Waals surface area contributed by atoms with Gasteiger partial charge in [0.05, 0.1) is 17.6 Å². The fourth-order valence-corrected chi connectivity index (χ4v) is 2.61. The lowest BCUT2D eigenvalue weighted by atomic mass is 10.1. The molecular weight excluding hydrogens is 284 g/mol. The molecule has 0 amide bonds. The molecule has 2 N–H and O–H groups in total. The molecule has 0 unspecified atom stereocenters. The molecule has 0 fully saturated rings. The summed E-state index contributed by atoms with van der Waals surface area (Å²) < 4.78 is 25.3. The highest BCUT2D eigenvalue weighted by Gasteiger charge is 2.06. The lowest BCUT2D eigenvalue weighted by molar-refractivity contribution is 0.607. The Morgan fingerprint density at radius 2 is 1.62 bits per heavy atom. The number of nitrogens with one attached hydrogen (secondary N) is 2. The first-order valence-electron chi connectivity index (χ1n) is 6.72. The van der Waals surface area contributed by atoms with Gasteiger partial charge in [-0.15, -0.1) is 0 Å². The van der Waals surface area contributed by atoms with Crippen LogP contribution in [-0.4, -0.2) is 14.7 Å². The monoisotopic (exact) mass is 304 g/mol. The van der Waals surface area contributed by atoms with Gasteiger partial charge in [-0.25, -0.2) is 8.42 Å². The number of hydrogen-bond donors (Lipinski definition) is 2. The van der Waals surface area contributed by atoms with Crippen LogP contribution in [0, 0.1) is 13.8 Å². The molecule has 0 aliphatic rings. The zero-order chi connectivity index (χ0) is 15.5. The van der Waals surface area contributed by atoms with Crippen molar-refractivity contribution in [2.24, 2.45) is 0 Å². The van der Waals surface area contributed by atoms with E-state index in [0.29, 0.717) is 12.2 Å². The van der Waals surface area contributed by atoms with Gasteiger partial charge >= 0.3 is 0 Å². The number of rotatable bonds is 5. The summed E-state index contributed by atoms with van der Waals surface area (Å²) in [6.45, 7) is 4.80. The topological polar surface area (TPSA) is 58.2 Å². The van der Waals surface area contributed by atoms with Crippen LogP contribution in [-0.2, 0) is 16.6 Å². The molecule has 112 valence electrons. The molecule has 0 aliphatic carbocycles. The van der Waals surface area contributed by atoms with Crippen molar-refractivity contribution in [1.82, 2.24) is 0 Å². The van der Waals surface area contributed by atoms with E-state index in [4.69, 9.17) is 0 Å². The third-order valence-corrected chi connectivity index (χ3v) is 3.87. The van der Waals surface area contributed by atoms with Gasteiger partial charge in [0.15, 0.2) is 0 Å². The zero-order valence-electron chi connectivity index (χ0n) is 12.5. The molecule has 4 nitrogen and oxygen atoms in total. The van der Waals surface area contributed by atoms with Crippen LogP contribution in [0.1, 0.15) is 16.7 Å². The summed E-state index contributed by atoms with van der Waals surface area (Å²) >= 11 is 0. The molecule has 0 atom stereocenters. The molecule has 0 saturated heterocycles. The molecule has 0 radical (unpaired) electrons. The van der Waals surface area contributed by atoms with E-state index in [0.717, 1.165) is 17.5 Å². The minimum atomic E-state index is -3.28. The third-order valence-electron chi connectivity index (χ3n) is 3.28. The van der Waals surface area contributed by atoms with Crippen LogP contribution in [0.4, 0.5) is 11.4 Å². The Morgan fingerprint density at radius 1 is 0.952 bits per heavy atom. The molecule has 0 bridgehead atoms. The van der Waals surface area contributed by atoms with E-state index in [1.165, 1.54) is 11.1 Å². The quantitative estimate of drug-likeness (QED) is 0.891. The van der Waals surface area contributed by atoms with Crippen LogP contribution in [0.15, 0.2) is 42.5 Å². The average molecular weight is 304 g/mol. The predicted molar refractivity (Wildman–Crippen MR) is 88.2 cm³/mol. The SMILES string of the molecule is Cc1ccc(CNc2ccccc2NS(C)(=O)=O)cc1C.